The molecule has 10 heteroatoms. The maximum absolute atomic E-state index is 14.4. The van der Waals surface area contributed by atoms with Crippen molar-refractivity contribution in [3.63, 3.8) is 0 Å². The fraction of sp³-hybridized carbons (Fsp3) is 0.318. The molecule has 5 rings (SSSR count). The first-order valence-electron chi connectivity index (χ1n) is 10.2. The van der Waals surface area contributed by atoms with Gasteiger partial charge in [-0.2, -0.15) is 0 Å². The third-order valence-corrected chi connectivity index (χ3v) is 6.49. The van der Waals surface area contributed by atoms with Crippen LogP contribution in [0.3, 0.4) is 0 Å². The van der Waals surface area contributed by atoms with E-state index in [1.807, 2.05) is 34.1 Å². The molecule has 3 heterocycles. The molecule has 0 radical (unpaired) electrons. The Morgan fingerprint density at radius 2 is 1.94 bits per heavy atom. The Morgan fingerprint density at radius 1 is 1.16 bits per heavy atom. The monoisotopic (exact) mass is 457 g/mol. The van der Waals surface area contributed by atoms with Crippen LogP contribution in [0.5, 0.6) is 5.75 Å². The van der Waals surface area contributed by atoms with Crippen LogP contribution < -0.4 is 9.64 Å². The minimum atomic E-state index is -0.682. The number of likely N-dealkylation sites (N-methyl/N-ethyl adjacent to an activating group) is 1. The number of hydrogen-bond donors (Lipinski definition) is 0. The van der Waals surface area contributed by atoms with Gasteiger partial charge in [0.1, 0.15) is 11.6 Å². The van der Waals surface area contributed by atoms with Gasteiger partial charge in [-0.1, -0.05) is 29.8 Å². The number of rotatable bonds is 4. The van der Waals surface area contributed by atoms with Crippen molar-refractivity contribution in [2.45, 2.75) is 18.8 Å². The van der Waals surface area contributed by atoms with Crippen molar-refractivity contribution in [3.8, 4) is 5.75 Å². The topological polar surface area (TPSA) is 68.7 Å². The van der Waals surface area contributed by atoms with Crippen LogP contribution in [-0.4, -0.2) is 72.1 Å². The number of aliphatic imine (C=N–C) groups is 1. The van der Waals surface area contributed by atoms with Crippen molar-refractivity contribution in [2.75, 3.05) is 32.1 Å². The lowest BCUT2D eigenvalue weighted by Crippen LogP contribution is -2.64. The average molecular weight is 458 g/mol. The highest BCUT2D eigenvalue weighted by atomic mass is 35.5. The lowest BCUT2D eigenvalue weighted by atomic mass is 10.1. The van der Waals surface area contributed by atoms with Gasteiger partial charge in [-0.15, -0.1) is 0 Å². The number of anilines is 1. The summed E-state index contributed by atoms with van der Waals surface area (Å²) in [6, 6.07) is 10.6. The molecule has 2 atom stereocenters. The predicted octanol–water partition coefficient (Wildman–Crippen LogP) is 2.77. The summed E-state index contributed by atoms with van der Waals surface area (Å²) in [5, 5.41) is 0.169. The van der Waals surface area contributed by atoms with Crippen LogP contribution in [0.2, 0.25) is 5.02 Å². The van der Waals surface area contributed by atoms with Crippen LogP contribution in [0.1, 0.15) is 5.56 Å². The van der Waals surface area contributed by atoms with Gasteiger partial charge >= 0.3 is 6.03 Å². The zero-order chi connectivity index (χ0) is 22.6. The number of guanidine groups is 1. The van der Waals surface area contributed by atoms with Crippen molar-refractivity contribution in [1.29, 1.82) is 0 Å². The number of amides is 3. The maximum Gasteiger partial charge on any atom is 0.328 e. The summed E-state index contributed by atoms with van der Waals surface area (Å²) in [7, 11) is 3.20. The Balaban J connectivity index is 1.47. The van der Waals surface area contributed by atoms with Crippen molar-refractivity contribution < 1.29 is 18.7 Å². The molecule has 2 saturated heterocycles. The lowest BCUT2D eigenvalue weighted by Gasteiger charge is -2.40. The molecule has 0 aliphatic carbocycles. The molecule has 0 aromatic heterocycles. The van der Waals surface area contributed by atoms with Crippen LogP contribution in [0.25, 0.3) is 0 Å². The number of benzene rings is 2. The van der Waals surface area contributed by atoms with Gasteiger partial charge in [0.05, 0.1) is 19.3 Å². The lowest BCUT2D eigenvalue weighted by molar-refractivity contribution is -0.137. The van der Waals surface area contributed by atoms with Gasteiger partial charge in [-0.3, -0.25) is 9.69 Å². The molecule has 3 aliphatic heterocycles. The Labute approximate surface area is 189 Å². The molecule has 3 aliphatic rings. The number of fused-ring (bicyclic) bond motifs is 3. The molecule has 32 heavy (non-hydrogen) atoms. The summed E-state index contributed by atoms with van der Waals surface area (Å²) >= 11 is 6.14. The summed E-state index contributed by atoms with van der Waals surface area (Å²) in [5.41, 5.74) is 0.949. The van der Waals surface area contributed by atoms with E-state index in [1.54, 1.807) is 14.2 Å². The SMILES string of the molecule is COc1ccccc1N1CCN2C1=NC1C2C(=O)N(Cc2c(F)cccc2Cl)C(=O)N1C. The molecule has 2 unspecified atom stereocenters. The maximum atomic E-state index is 14.4. The summed E-state index contributed by atoms with van der Waals surface area (Å²) in [6.45, 7) is 0.933. The van der Waals surface area contributed by atoms with E-state index < -0.39 is 30.0 Å². The van der Waals surface area contributed by atoms with Crippen LogP contribution >= 0.6 is 11.6 Å². The fourth-order valence-electron chi connectivity index (χ4n) is 4.50. The smallest absolute Gasteiger partial charge is 0.328 e. The highest BCUT2D eigenvalue weighted by Gasteiger charge is 2.54. The van der Waals surface area contributed by atoms with E-state index in [0.717, 1.165) is 10.6 Å². The van der Waals surface area contributed by atoms with Crippen molar-refractivity contribution in [2.24, 2.45) is 4.99 Å². The number of methoxy groups -OCH3 is 1. The van der Waals surface area contributed by atoms with E-state index >= 15 is 0 Å². The number of halogens is 2. The molecule has 2 aromatic rings. The molecule has 3 amide bonds. The van der Waals surface area contributed by atoms with Crippen LogP contribution in [0.4, 0.5) is 14.9 Å². The quantitative estimate of drug-likeness (QED) is 0.706. The third-order valence-electron chi connectivity index (χ3n) is 6.13. The zero-order valence-corrected chi connectivity index (χ0v) is 18.3. The number of imide groups is 1. The molecule has 8 nitrogen and oxygen atoms in total. The molecular formula is C22H21ClFN5O3. The summed E-state index contributed by atoms with van der Waals surface area (Å²) in [4.78, 5) is 37.6. The molecule has 0 bridgehead atoms. The normalized spacial score (nSPS) is 22.3. The number of para-hydroxylation sites is 2. The fourth-order valence-corrected chi connectivity index (χ4v) is 4.73. The van der Waals surface area contributed by atoms with Gasteiger partial charge in [0, 0.05) is 30.7 Å². The minimum absolute atomic E-state index is 0.110. The van der Waals surface area contributed by atoms with Gasteiger partial charge in [-0.25, -0.2) is 14.2 Å². The number of urea groups is 1. The summed E-state index contributed by atoms with van der Waals surface area (Å²) < 4.78 is 19.8. The summed E-state index contributed by atoms with van der Waals surface area (Å²) in [5.74, 6) is 0.328. The Morgan fingerprint density at radius 3 is 2.69 bits per heavy atom. The van der Waals surface area contributed by atoms with E-state index in [1.165, 1.54) is 23.1 Å². The number of nitrogens with zero attached hydrogens (tertiary/aromatic N) is 5. The molecule has 0 spiro atoms. The van der Waals surface area contributed by atoms with Gasteiger partial charge in [0.25, 0.3) is 5.91 Å². The number of carbonyl (C=O) groups excluding carboxylic acids is 2. The standard InChI is InChI=1S/C22H21ClFN5O3/c1-26-19-18(20(30)29(22(26)31)12-13-14(23)6-5-7-15(13)24)28-11-10-27(21(28)25-19)16-8-3-4-9-17(16)32-2/h3-9,18-19H,10-12H2,1-2H3. The minimum Gasteiger partial charge on any atom is -0.495 e. The van der Waals surface area contributed by atoms with Crippen molar-refractivity contribution in [3.05, 3.63) is 58.9 Å². The van der Waals surface area contributed by atoms with Gasteiger partial charge < -0.3 is 19.4 Å². The third kappa shape index (κ3) is 2.99. The Bertz CT molecular complexity index is 1120. The van der Waals surface area contributed by atoms with Gasteiger partial charge in [0.2, 0.25) is 5.96 Å². The van der Waals surface area contributed by atoms with Gasteiger partial charge in [-0.05, 0) is 24.3 Å². The number of ether oxygens (including phenoxy) is 1. The molecular weight excluding hydrogens is 437 g/mol. The highest BCUT2D eigenvalue weighted by Crippen LogP contribution is 2.37. The number of hydrogen-bond acceptors (Lipinski definition) is 6. The molecule has 0 N–H and O–H groups in total. The Hall–Kier alpha value is -3.33. The number of carbonyl (C=O) groups is 2. The molecule has 0 saturated carbocycles. The second kappa shape index (κ2) is 7.67. The largest absolute Gasteiger partial charge is 0.495 e. The van der Waals surface area contributed by atoms with Crippen LogP contribution in [0.15, 0.2) is 47.5 Å². The van der Waals surface area contributed by atoms with Crippen molar-refractivity contribution >= 4 is 35.2 Å². The second-order valence-electron chi connectivity index (χ2n) is 7.82. The summed E-state index contributed by atoms with van der Waals surface area (Å²) in [6.07, 6.45) is -0.658. The first-order valence-corrected chi connectivity index (χ1v) is 10.6. The van der Waals surface area contributed by atoms with Gasteiger partial charge in [0.15, 0.2) is 12.2 Å². The second-order valence-corrected chi connectivity index (χ2v) is 8.23. The van der Waals surface area contributed by atoms with Crippen LogP contribution in [-0.2, 0) is 11.3 Å². The van der Waals surface area contributed by atoms with E-state index in [0.29, 0.717) is 24.8 Å². The van der Waals surface area contributed by atoms with E-state index in [4.69, 9.17) is 21.3 Å². The average Bonchev–Trinajstić information content (AvgIpc) is 3.36. The molecule has 166 valence electrons. The van der Waals surface area contributed by atoms with Crippen LogP contribution in [0, 0.1) is 5.82 Å². The zero-order valence-electron chi connectivity index (χ0n) is 17.5. The first kappa shape index (κ1) is 20.6. The molecule has 2 fully saturated rings. The molecule has 2 aromatic carbocycles. The van der Waals surface area contributed by atoms with Crippen molar-refractivity contribution in [1.82, 2.24) is 14.7 Å². The van der Waals surface area contributed by atoms with E-state index in [2.05, 4.69) is 0 Å². The highest BCUT2D eigenvalue weighted by molar-refractivity contribution is 6.31. The first-order chi connectivity index (χ1) is 15.4. The van der Waals surface area contributed by atoms with E-state index in [-0.39, 0.29) is 17.1 Å². The Kier molecular flexibility index (Phi) is 4.93. The van der Waals surface area contributed by atoms with E-state index in [9.17, 15) is 14.0 Å². The predicted molar refractivity (Wildman–Crippen MR) is 117 cm³/mol.